The number of carbonyl (C=O) groups is 1. The number of likely N-dealkylation sites (tertiary alicyclic amines) is 1. The van der Waals surface area contributed by atoms with Gasteiger partial charge in [-0.05, 0) is 54.2 Å². The van der Waals surface area contributed by atoms with Crippen LogP contribution in [-0.2, 0) is 6.42 Å². The Morgan fingerprint density at radius 2 is 1.68 bits per heavy atom. The van der Waals surface area contributed by atoms with E-state index in [1.54, 1.807) is 0 Å². The smallest absolute Gasteiger partial charge is 0.254 e. The predicted molar refractivity (Wildman–Crippen MR) is 103 cm³/mol. The molecule has 0 unspecified atom stereocenters. The quantitative estimate of drug-likeness (QED) is 0.654. The molecule has 1 heterocycles. The first-order valence-corrected chi connectivity index (χ1v) is 9.15. The summed E-state index contributed by atoms with van der Waals surface area (Å²) >= 11 is 0. The van der Waals surface area contributed by atoms with E-state index in [1.807, 2.05) is 30.3 Å². The highest BCUT2D eigenvalue weighted by molar-refractivity contribution is 5.94. The first kappa shape index (κ1) is 15.9. The van der Waals surface area contributed by atoms with Gasteiger partial charge < -0.3 is 4.90 Å². The standard InChI is InChI=1S/C23H23NO/c25-23(20-9-2-1-3-10-20)24-17-7-13-21(24)16-15-19-12-6-11-18-8-4-5-14-22(18)19/h1-6,8-12,14,21H,7,13,15-17H2/t21-/m0/s1. The van der Waals surface area contributed by atoms with Gasteiger partial charge in [-0.3, -0.25) is 4.79 Å². The Kier molecular flexibility index (Phi) is 4.51. The Labute approximate surface area is 149 Å². The molecule has 1 fully saturated rings. The summed E-state index contributed by atoms with van der Waals surface area (Å²) in [5.41, 5.74) is 2.19. The van der Waals surface area contributed by atoms with Crippen LogP contribution in [0.1, 0.15) is 35.2 Å². The minimum atomic E-state index is 0.181. The van der Waals surface area contributed by atoms with Crippen molar-refractivity contribution in [1.29, 1.82) is 0 Å². The Morgan fingerprint density at radius 3 is 2.56 bits per heavy atom. The zero-order valence-electron chi connectivity index (χ0n) is 14.4. The number of hydrogen-bond donors (Lipinski definition) is 0. The first-order chi connectivity index (χ1) is 12.3. The van der Waals surface area contributed by atoms with Crippen LogP contribution in [0.5, 0.6) is 0 Å². The molecule has 4 rings (SSSR count). The van der Waals surface area contributed by atoms with Gasteiger partial charge in [0, 0.05) is 18.2 Å². The number of nitrogens with zero attached hydrogens (tertiary/aromatic N) is 1. The monoisotopic (exact) mass is 329 g/mol. The first-order valence-electron chi connectivity index (χ1n) is 9.15. The van der Waals surface area contributed by atoms with Crippen LogP contribution in [0.25, 0.3) is 10.8 Å². The van der Waals surface area contributed by atoms with Crippen LogP contribution in [0.15, 0.2) is 72.8 Å². The summed E-state index contributed by atoms with van der Waals surface area (Å²) in [4.78, 5) is 14.9. The number of amides is 1. The Balaban J connectivity index is 1.49. The van der Waals surface area contributed by atoms with Crippen molar-refractivity contribution in [3.05, 3.63) is 83.9 Å². The molecule has 3 aromatic carbocycles. The fourth-order valence-electron chi connectivity index (χ4n) is 3.98. The molecule has 1 aliphatic heterocycles. The minimum absolute atomic E-state index is 0.181. The van der Waals surface area contributed by atoms with Gasteiger partial charge in [-0.15, -0.1) is 0 Å². The topological polar surface area (TPSA) is 20.3 Å². The van der Waals surface area contributed by atoms with Crippen molar-refractivity contribution < 1.29 is 4.79 Å². The van der Waals surface area contributed by atoms with Gasteiger partial charge in [-0.2, -0.15) is 0 Å². The number of benzene rings is 3. The molecule has 1 aliphatic rings. The predicted octanol–water partition coefficient (Wildman–Crippen LogP) is 5.08. The highest BCUT2D eigenvalue weighted by Crippen LogP contribution is 2.26. The maximum absolute atomic E-state index is 12.8. The third-order valence-corrected chi connectivity index (χ3v) is 5.29. The van der Waals surface area contributed by atoms with Crippen LogP contribution in [0.2, 0.25) is 0 Å². The Morgan fingerprint density at radius 1 is 0.920 bits per heavy atom. The second-order valence-electron chi connectivity index (χ2n) is 6.84. The van der Waals surface area contributed by atoms with E-state index in [-0.39, 0.29) is 5.91 Å². The summed E-state index contributed by atoms with van der Waals surface area (Å²) < 4.78 is 0. The van der Waals surface area contributed by atoms with Gasteiger partial charge in [-0.25, -0.2) is 0 Å². The van der Waals surface area contributed by atoms with Crippen LogP contribution < -0.4 is 0 Å². The lowest BCUT2D eigenvalue weighted by atomic mass is 9.98. The van der Waals surface area contributed by atoms with Crippen molar-refractivity contribution in [2.45, 2.75) is 31.7 Å². The lowest BCUT2D eigenvalue weighted by Crippen LogP contribution is -2.35. The summed E-state index contributed by atoms with van der Waals surface area (Å²) in [6.07, 6.45) is 4.28. The molecule has 0 aliphatic carbocycles. The van der Waals surface area contributed by atoms with Crippen LogP contribution in [0, 0.1) is 0 Å². The number of rotatable bonds is 4. The third kappa shape index (κ3) is 3.30. The average molecular weight is 329 g/mol. The number of fused-ring (bicyclic) bond motifs is 1. The Hall–Kier alpha value is -2.61. The fourth-order valence-corrected chi connectivity index (χ4v) is 3.98. The molecule has 1 amide bonds. The van der Waals surface area contributed by atoms with Gasteiger partial charge in [0.15, 0.2) is 0 Å². The molecule has 25 heavy (non-hydrogen) atoms. The Bertz CT molecular complexity index is 866. The molecule has 0 bridgehead atoms. The number of aryl methyl sites for hydroxylation is 1. The molecule has 2 heteroatoms. The van der Waals surface area contributed by atoms with Crippen LogP contribution in [0.4, 0.5) is 0 Å². The molecular formula is C23H23NO. The summed E-state index contributed by atoms with van der Waals surface area (Å²) in [7, 11) is 0. The van der Waals surface area contributed by atoms with Crippen molar-refractivity contribution in [3.63, 3.8) is 0 Å². The van der Waals surface area contributed by atoms with Crippen molar-refractivity contribution in [2.24, 2.45) is 0 Å². The van der Waals surface area contributed by atoms with E-state index < -0.39 is 0 Å². The molecule has 1 atom stereocenters. The van der Waals surface area contributed by atoms with E-state index in [1.165, 1.54) is 16.3 Å². The second kappa shape index (κ2) is 7.10. The largest absolute Gasteiger partial charge is 0.336 e. The number of carbonyl (C=O) groups excluding carboxylic acids is 1. The van der Waals surface area contributed by atoms with Crippen LogP contribution in [-0.4, -0.2) is 23.4 Å². The molecule has 0 aromatic heterocycles. The van der Waals surface area contributed by atoms with Gasteiger partial charge in [0.05, 0.1) is 0 Å². The second-order valence-corrected chi connectivity index (χ2v) is 6.84. The lowest BCUT2D eigenvalue weighted by Gasteiger charge is -2.25. The minimum Gasteiger partial charge on any atom is -0.336 e. The lowest BCUT2D eigenvalue weighted by molar-refractivity contribution is 0.0730. The molecular weight excluding hydrogens is 306 g/mol. The van der Waals surface area contributed by atoms with Gasteiger partial charge in [-0.1, -0.05) is 60.7 Å². The molecule has 2 nitrogen and oxygen atoms in total. The van der Waals surface area contributed by atoms with Crippen molar-refractivity contribution in [3.8, 4) is 0 Å². The van der Waals surface area contributed by atoms with Crippen molar-refractivity contribution in [1.82, 2.24) is 4.90 Å². The zero-order valence-corrected chi connectivity index (χ0v) is 14.4. The fraction of sp³-hybridized carbons (Fsp3) is 0.261. The number of hydrogen-bond acceptors (Lipinski definition) is 1. The van der Waals surface area contributed by atoms with E-state index in [9.17, 15) is 4.79 Å². The average Bonchev–Trinajstić information content (AvgIpc) is 3.15. The van der Waals surface area contributed by atoms with Crippen LogP contribution in [0.3, 0.4) is 0 Å². The molecule has 0 saturated carbocycles. The molecule has 0 N–H and O–H groups in total. The maximum atomic E-state index is 12.8. The van der Waals surface area contributed by atoms with Crippen molar-refractivity contribution >= 4 is 16.7 Å². The summed E-state index contributed by atoms with van der Waals surface area (Å²) in [6, 6.07) is 25.1. The summed E-state index contributed by atoms with van der Waals surface area (Å²) in [5, 5.41) is 2.63. The highest BCUT2D eigenvalue weighted by Gasteiger charge is 2.29. The summed E-state index contributed by atoms with van der Waals surface area (Å²) in [5.74, 6) is 0.181. The van der Waals surface area contributed by atoms with Gasteiger partial charge in [0.2, 0.25) is 0 Å². The highest BCUT2D eigenvalue weighted by atomic mass is 16.2. The van der Waals surface area contributed by atoms with Crippen molar-refractivity contribution in [2.75, 3.05) is 6.54 Å². The van der Waals surface area contributed by atoms with Gasteiger partial charge in [0.1, 0.15) is 0 Å². The van der Waals surface area contributed by atoms with Crippen LogP contribution >= 0.6 is 0 Å². The molecule has 126 valence electrons. The maximum Gasteiger partial charge on any atom is 0.254 e. The van der Waals surface area contributed by atoms with E-state index >= 15 is 0 Å². The van der Waals surface area contributed by atoms with E-state index in [4.69, 9.17) is 0 Å². The van der Waals surface area contributed by atoms with E-state index in [0.29, 0.717) is 6.04 Å². The zero-order chi connectivity index (χ0) is 17.1. The molecule has 1 saturated heterocycles. The summed E-state index contributed by atoms with van der Waals surface area (Å²) in [6.45, 7) is 0.883. The normalized spacial score (nSPS) is 17.1. The third-order valence-electron chi connectivity index (χ3n) is 5.29. The molecule has 3 aromatic rings. The van der Waals surface area contributed by atoms with E-state index in [0.717, 1.165) is 37.8 Å². The van der Waals surface area contributed by atoms with Gasteiger partial charge >= 0.3 is 0 Å². The SMILES string of the molecule is O=C(c1ccccc1)N1CCC[C@H]1CCc1cccc2ccccc12. The van der Waals surface area contributed by atoms with Gasteiger partial charge in [0.25, 0.3) is 5.91 Å². The molecule has 0 radical (unpaired) electrons. The van der Waals surface area contributed by atoms with E-state index in [2.05, 4.69) is 47.4 Å². The molecule has 0 spiro atoms.